The third-order valence-corrected chi connectivity index (χ3v) is 3.51. The van der Waals surface area contributed by atoms with Gasteiger partial charge in [-0.1, -0.05) is 6.92 Å². The molecule has 6 nitrogen and oxygen atoms in total. The maximum absolute atomic E-state index is 12.2. The van der Waals surface area contributed by atoms with Gasteiger partial charge in [0.25, 0.3) is 5.91 Å². The van der Waals surface area contributed by atoms with Crippen molar-refractivity contribution < 1.29 is 14.3 Å². The molecule has 1 aromatic heterocycles. The van der Waals surface area contributed by atoms with Gasteiger partial charge in [0.05, 0.1) is 28.0 Å². The molecule has 0 saturated carbocycles. The van der Waals surface area contributed by atoms with E-state index in [0.29, 0.717) is 17.6 Å². The summed E-state index contributed by atoms with van der Waals surface area (Å²) in [5, 5.41) is 2.69. The Kier molecular flexibility index (Phi) is 5.26. The number of nitrogens with one attached hydrogen (secondary N) is 1. The zero-order chi connectivity index (χ0) is 17.0. The second-order valence-electron chi connectivity index (χ2n) is 5.44. The molecule has 2 aromatic rings. The number of aryl methyl sites for hydroxylation is 2. The summed E-state index contributed by atoms with van der Waals surface area (Å²) in [5.41, 5.74) is 3.37. The van der Waals surface area contributed by atoms with Gasteiger partial charge in [0.1, 0.15) is 0 Å². The molecule has 0 spiro atoms. The fourth-order valence-corrected chi connectivity index (χ4v) is 2.03. The molecule has 0 bridgehead atoms. The third-order valence-electron chi connectivity index (χ3n) is 3.51. The second-order valence-corrected chi connectivity index (χ2v) is 5.44. The number of hydrogen-bond acceptors (Lipinski definition) is 5. The van der Waals surface area contributed by atoms with E-state index in [1.54, 1.807) is 25.1 Å². The van der Waals surface area contributed by atoms with E-state index in [1.165, 1.54) is 0 Å². The Bertz CT molecular complexity index is 743. The maximum Gasteiger partial charge on any atom is 0.338 e. The van der Waals surface area contributed by atoms with Gasteiger partial charge < -0.3 is 10.1 Å². The zero-order valence-electron chi connectivity index (χ0n) is 13.8. The van der Waals surface area contributed by atoms with Crippen molar-refractivity contribution in [2.75, 3.05) is 6.54 Å². The lowest BCUT2D eigenvalue weighted by molar-refractivity contribution is -0.129. The molecule has 1 aromatic carbocycles. The number of nitrogens with zero attached hydrogens (tertiary/aromatic N) is 2. The van der Waals surface area contributed by atoms with Crippen molar-refractivity contribution in [1.82, 2.24) is 15.3 Å². The van der Waals surface area contributed by atoms with E-state index in [0.717, 1.165) is 23.3 Å². The van der Waals surface area contributed by atoms with E-state index in [1.807, 2.05) is 20.8 Å². The van der Waals surface area contributed by atoms with Crippen molar-refractivity contribution in [3.05, 3.63) is 35.2 Å². The first-order valence-electron chi connectivity index (χ1n) is 7.66. The van der Waals surface area contributed by atoms with Crippen molar-refractivity contribution in [1.29, 1.82) is 0 Å². The molecule has 0 saturated heterocycles. The fraction of sp³-hybridized carbons (Fsp3) is 0.412. The minimum atomic E-state index is -0.837. The molecule has 2 rings (SSSR count). The van der Waals surface area contributed by atoms with Crippen LogP contribution in [-0.4, -0.2) is 34.5 Å². The number of benzene rings is 1. The summed E-state index contributed by atoms with van der Waals surface area (Å²) in [5.74, 6) is -0.849. The SMILES string of the molecule is CCCNC(=O)[C@@H](C)OC(=O)c1ccc2nc(C)c(C)nc2c1. The van der Waals surface area contributed by atoms with Crippen LogP contribution < -0.4 is 5.32 Å². The van der Waals surface area contributed by atoms with Crippen LogP contribution in [0.4, 0.5) is 0 Å². The van der Waals surface area contributed by atoms with Crippen molar-refractivity contribution in [2.45, 2.75) is 40.2 Å². The first-order chi connectivity index (χ1) is 10.9. The molecule has 23 heavy (non-hydrogen) atoms. The van der Waals surface area contributed by atoms with Gasteiger partial charge >= 0.3 is 5.97 Å². The minimum Gasteiger partial charge on any atom is -0.449 e. The molecule has 0 radical (unpaired) electrons. The molecule has 1 atom stereocenters. The summed E-state index contributed by atoms with van der Waals surface area (Å²) in [7, 11) is 0. The highest BCUT2D eigenvalue weighted by Gasteiger charge is 2.19. The van der Waals surface area contributed by atoms with E-state index in [2.05, 4.69) is 15.3 Å². The van der Waals surface area contributed by atoms with E-state index >= 15 is 0 Å². The van der Waals surface area contributed by atoms with Gasteiger partial charge in [-0.25, -0.2) is 14.8 Å². The van der Waals surface area contributed by atoms with Gasteiger partial charge in [0.15, 0.2) is 6.10 Å². The van der Waals surface area contributed by atoms with Gasteiger partial charge in [-0.2, -0.15) is 0 Å². The molecule has 0 aliphatic rings. The fourth-order valence-electron chi connectivity index (χ4n) is 2.03. The summed E-state index contributed by atoms with van der Waals surface area (Å²) in [6, 6.07) is 4.99. The lowest BCUT2D eigenvalue weighted by atomic mass is 10.2. The Balaban J connectivity index is 2.14. The molecule has 0 aliphatic carbocycles. The van der Waals surface area contributed by atoms with Gasteiger partial charge in [-0.3, -0.25) is 4.79 Å². The van der Waals surface area contributed by atoms with Crippen LogP contribution in [0.5, 0.6) is 0 Å². The topological polar surface area (TPSA) is 81.2 Å². The van der Waals surface area contributed by atoms with Gasteiger partial charge in [-0.15, -0.1) is 0 Å². The monoisotopic (exact) mass is 315 g/mol. The number of carbonyl (C=O) groups is 2. The van der Waals surface area contributed by atoms with Gasteiger partial charge in [0, 0.05) is 6.54 Å². The normalized spacial score (nSPS) is 12.0. The molecule has 0 aliphatic heterocycles. The summed E-state index contributed by atoms with van der Waals surface area (Å²) in [6.07, 6.45) is -0.00953. The minimum absolute atomic E-state index is 0.299. The molecule has 122 valence electrons. The van der Waals surface area contributed by atoms with Crippen LogP contribution in [0, 0.1) is 13.8 Å². The first kappa shape index (κ1) is 16.9. The van der Waals surface area contributed by atoms with Crippen molar-refractivity contribution >= 4 is 22.9 Å². The summed E-state index contributed by atoms with van der Waals surface area (Å²) in [6.45, 7) is 7.83. The number of ether oxygens (including phenoxy) is 1. The van der Waals surface area contributed by atoms with Crippen LogP contribution in [0.2, 0.25) is 0 Å². The summed E-state index contributed by atoms with van der Waals surface area (Å²) in [4.78, 5) is 32.8. The highest BCUT2D eigenvalue weighted by atomic mass is 16.5. The Hall–Kier alpha value is -2.50. The van der Waals surface area contributed by atoms with Crippen LogP contribution in [0.1, 0.15) is 42.0 Å². The smallest absolute Gasteiger partial charge is 0.338 e. The van der Waals surface area contributed by atoms with Crippen LogP contribution in [0.3, 0.4) is 0 Å². The average Bonchev–Trinajstić information content (AvgIpc) is 2.53. The number of carbonyl (C=O) groups excluding carboxylic acids is 2. The molecule has 0 unspecified atom stereocenters. The number of rotatable bonds is 5. The van der Waals surface area contributed by atoms with Gasteiger partial charge in [0.2, 0.25) is 0 Å². The quantitative estimate of drug-likeness (QED) is 0.856. The predicted octanol–water partition coefficient (Wildman–Crippen LogP) is 2.32. The number of amides is 1. The highest BCUT2D eigenvalue weighted by molar-refractivity contribution is 5.95. The standard InChI is InChI=1S/C17H21N3O3/c1-5-8-18-16(21)12(4)23-17(22)13-6-7-14-15(9-13)20-11(3)10(2)19-14/h6-7,9,12H,5,8H2,1-4H3,(H,18,21)/t12-/m1/s1. The molecule has 1 amide bonds. The second kappa shape index (κ2) is 7.17. The van der Waals surface area contributed by atoms with E-state index in [4.69, 9.17) is 4.74 Å². The van der Waals surface area contributed by atoms with Crippen molar-refractivity contribution in [2.24, 2.45) is 0 Å². The Morgan fingerprint density at radius 1 is 1.17 bits per heavy atom. The number of esters is 1. The van der Waals surface area contributed by atoms with Crippen LogP contribution in [0.25, 0.3) is 11.0 Å². The summed E-state index contributed by atoms with van der Waals surface area (Å²) < 4.78 is 5.20. The van der Waals surface area contributed by atoms with E-state index in [-0.39, 0.29) is 5.91 Å². The molecule has 6 heteroatoms. The van der Waals surface area contributed by atoms with Gasteiger partial charge in [-0.05, 0) is 45.4 Å². The molecular formula is C17H21N3O3. The first-order valence-corrected chi connectivity index (χ1v) is 7.66. The highest BCUT2D eigenvalue weighted by Crippen LogP contribution is 2.15. The third kappa shape index (κ3) is 4.03. The number of fused-ring (bicyclic) bond motifs is 1. The lowest BCUT2D eigenvalue weighted by Gasteiger charge is -2.13. The number of hydrogen-bond donors (Lipinski definition) is 1. The van der Waals surface area contributed by atoms with Crippen molar-refractivity contribution in [3.63, 3.8) is 0 Å². The molecule has 1 N–H and O–H groups in total. The number of aromatic nitrogens is 2. The van der Waals surface area contributed by atoms with Crippen LogP contribution >= 0.6 is 0 Å². The molecule has 1 heterocycles. The predicted molar refractivity (Wildman–Crippen MR) is 87.2 cm³/mol. The Morgan fingerprint density at radius 3 is 2.48 bits per heavy atom. The molecular weight excluding hydrogens is 294 g/mol. The Labute approximate surface area is 135 Å². The zero-order valence-corrected chi connectivity index (χ0v) is 13.8. The summed E-state index contributed by atoms with van der Waals surface area (Å²) >= 11 is 0. The molecule has 0 fully saturated rings. The average molecular weight is 315 g/mol. The maximum atomic E-state index is 12.2. The van der Waals surface area contributed by atoms with E-state index in [9.17, 15) is 9.59 Å². The van der Waals surface area contributed by atoms with E-state index < -0.39 is 12.1 Å². The van der Waals surface area contributed by atoms with Crippen LogP contribution in [-0.2, 0) is 9.53 Å². The Morgan fingerprint density at radius 2 is 1.83 bits per heavy atom. The lowest BCUT2D eigenvalue weighted by Crippen LogP contribution is -2.36. The largest absolute Gasteiger partial charge is 0.449 e. The van der Waals surface area contributed by atoms with Crippen molar-refractivity contribution in [3.8, 4) is 0 Å². The van der Waals surface area contributed by atoms with Crippen LogP contribution in [0.15, 0.2) is 18.2 Å².